The molecule has 164 valence electrons. The highest BCUT2D eigenvalue weighted by Crippen LogP contribution is 2.39. The lowest BCUT2D eigenvalue weighted by molar-refractivity contribution is -0.120. The normalized spacial score (nSPS) is 19.8. The number of nitrogens with zero attached hydrogens (tertiary/aromatic N) is 6. The zero-order valence-electron chi connectivity index (χ0n) is 18.2. The summed E-state index contributed by atoms with van der Waals surface area (Å²) in [4.78, 5) is 23.3. The van der Waals surface area contributed by atoms with Crippen LogP contribution in [-0.4, -0.2) is 44.2 Å². The van der Waals surface area contributed by atoms with E-state index < -0.39 is 0 Å². The maximum Gasteiger partial charge on any atom is 0.160 e. The first-order valence-electron chi connectivity index (χ1n) is 11.1. The van der Waals surface area contributed by atoms with Gasteiger partial charge in [-0.25, -0.2) is 4.98 Å². The van der Waals surface area contributed by atoms with E-state index in [2.05, 4.69) is 39.5 Å². The third kappa shape index (κ3) is 3.63. The van der Waals surface area contributed by atoms with Gasteiger partial charge in [0.2, 0.25) is 0 Å². The van der Waals surface area contributed by atoms with E-state index in [0.717, 1.165) is 41.3 Å². The van der Waals surface area contributed by atoms with Crippen LogP contribution < -0.4 is 10.3 Å². The Labute approximate surface area is 191 Å². The van der Waals surface area contributed by atoms with E-state index in [1.807, 2.05) is 40.9 Å². The van der Waals surface area contributed by atoms with E-state index in [4.69, 9.17) is 10.1 Å². The van der Waals surface area contributed by atoms with E-state index in [0.29, 0.717) is 18.0 Å². The number of rotatable bonds is 5. The van der Waals surface area contributed by atoms with Crippen LogP contribution in [0.4, 0.5) is 11.6 Å². The lowest BCUT2D eigenvalue weighted by Gasteiger charge is -2.28. The van der Waals surface area contributed by atoms with Crippen molar-refractivity contribution >= 4 is 29.3 Å². The summed E-state index contributed by atoms with van der Waals surface area (Å²) in [7, 11) is 0. The van der Waals surface area contributed by atoms with Gasteiger partial charge in [-0.15, -0.1) is 0 Å². The first-order chi connectivity index (χ1) is 16.1. The summed E-state index contributed by atoms with van der Waals surface area (Å²) in [5.41, 5.74) is 7.81. The summed E-state index contributed by atoms with van der Waals surface area (Å²) < 4.78 is 1.87. The smallest absolute Gasteiger partial charge is 0.160 e. The number of anilines is 2. The zero-order valence-corrected chi connectivity index (χ0v) is 18.2. The molecule has 1 aromatic carbocycles. The Morgan fingerprint density at radius 3 is 2.79 bits per heavy atom. The largest absolute Gasteiger partial charge is 0.352 e. The van der Waals surface area contributed by atoms with Gasteiger partial charge in [-0.05, 0) is 31.0 Å². The summed E-state index contributed by atoms with van der Waals surface area (Å²) >= 11 is 0. The van der Waals surface area contributed by atoms with Crippen LogP contribution in [0.25, 0.3) is 16.9 Å². The molecule has 4 aromatic rings. The van der Waals surface area contributed by atoms with E-state index in [1.165, 1.54) is 5.56 Å². The Morgan fingerprint density at radius 1 is 1.15 bits per heavy atom. The van der Waals surface area contributed by atoms with Crippen LogP contribution in [0.1, 0.15) is 24.0 Å². The number of fused-ring (bicyclic) bond motifs is 3. The lowest BCUT2D eigenvalue weighted by atomic mass is 10.1. The van der Waals surface area contributed by atoms with Crippen molar-refractivity contribution in [3.63, 3.8) is 0 Å². The second-order valence-electron chi connectivity index (χ2n) is 8.73. The summed E-state index contributed by atoms with van der Waals surface area (Å²) in [6.45, 7) is 2.78. The van der Waals surface area contributed by atoms with Crippen molar-refractivity contribution < 1.29 is 4.79 Å². The molecule has 2 aliphatic rings. The molecule has 6 rings (SSSR count). The molecule has 4 heterocycles. The molecule has 2 unspecified atom stereocenters. The highest BCUT2D eigenvalue weighted by molar-refractivity contribution is 5.87. The Hall–Kier alpha value is -4.07. The zero-order chi connectivity index (χ0) is 22.4. The van der Waals surface area contributed by atoms with Crippen molar-refractivity contribution in [2.75, 3.05) is 16.9 Å². The number of hydrogen-bond donors (Lipinski definition) is 1. The van der Waals surface area contributed by atoms with Crippen LogP contribution in [0.3, 0.4) is 0 Å². The Bertz CT molecular complexity index is 1380. The number of benzene rings is 1. The number of nitrogens with one attached hydrogen (secondary N) is 1. The van der Waals surface area contributed by atoms with Crippen LogP contribution in [0.5, 0.6) is 0 Å². The van der Waals surface area contributed by atoms with Crippen LogP contribution in [0.2, 0.25) is 0 Å². The minimum Gasteiger partial charge on any atom is -0.352 e. The lowest BCUT2D eigenvalue weighted by Crippen LogP contribution is -2.37. The average molecular weight is 438 g/mol. The number of carbonyl (C=O) groups is 1. The monoisotopic (exact) mass is 437 g/mol. The molecule has 0 amide bonds. The molecule has 2 bridgehead atoms. The van der Waals surface area contributed by atoms with Crippen molar-refractivity contribution in [2.45, 2.75) is 25.8 Å². The molecular formula is C25H23N7O. The van der Waals surface area contributed by atoms with Crippen LogP contribution >= 0.6 is 0 Å². The van der Waals surface area contributed by atoms with Gasteiger partial charge in [0.15, 0.2) is 11.5 Å². The number of pyridine rings is 1. The topological polar surface area (TPSA) is 87.8 Å². The first-order valence-corrected chi connectivity index (χ1v) is 11.1. The summed E-state index contributed by atoms with van der Waals surface area (Å²) in [6, 6.07) is 16.2. The molecule has 0 spiro atoms. The number of ketones is 1. The Balaban J connectivity index is 1.38. The quantitative estimate of drug-likeness (QED) is 0.378. The molecule has 3 aromatic heterocycles. The third-order valence-electron chi connectivity index (χ3n) is 6.42. The number of hydrazone groups is 1. The van der Waals surface area contributed by atoms with Gasteiger partial charge in [0, 0.05) is 55.0 Å². The molecule has 1 saturated carbocycles. The van der Waals surface area contributed by atoms with E-state index >= 15 is 0 Å². The van der Waals surface area contributed by atoms with E-state index in [9.17, 15) is 4.79 Å². The minimum absolute atomic E-state index is 0.115. The molecular weight excluding hydrogens is 414 g/mol. The van der Waals surface area contributed by atoms with Crippen molar-refractivity contribution in [1.82, 2.24) is 19.6 Å². The van der Waals surface area contributed by atoms with Gasteiger partial charge in [0.25, 0.3) is 0 Å². The fourth-order valence-electron chi connectivity index (χ4n) is 4.83. The predicted molar refractivity (Wildman–Crippen MR) is 127 cm³/mol. The molecule has 2 fully saturated rings. The van der Waals surface area contributed by atoms with Crippen molar-refractivity contribution in [1.29, 1.82) is 0 Å². The highest BCUT2D eigenvalue weighted by Gasteiger charge is 2.44. The first kappa shape index (κ1) is 19.6. The van der Waals surface area contributed by atoms with Crippen molar-refractivity contribution in [3.05, 3.63) is 72.1 Å². The number of aromatic nitrogens is 4. The maximum atomic E-state index is 12.1. The summed E-state index contributed by atoms with van der Waals surface area (Å²) in [5.74, 6) is 2.05. The third-order valence-corrected chi connectivity index (χ3v) is 6.42. The second kappa shape index (κ2) is 7.81. The molecule has 1 saturated heterocycles. The van der Waals surface area contributed by atoms with Crippen LogP contribution in [-0.2, 0) is 4.79 Å². The fourth-order valence-corrected chi connectivity index (χ4v) is 4.83. The van der Waals surface area contributed by atoms with Crippen LogP contribution in [0.15, 0.2) is 66.0 Å². The molecule has 1 aliphatic heterocycles. The molecule has 0 radical (unpaired) electrons. The summed E-state index contributed by atoms with van der Waals surface area (Å²) in [6.07, 6.45) is 6.81. The molecule has 8 nitrogen and oxygen atoms in total. The number of Topliss-reactive ketones (excluding diaryl/α,β-unsaturated/α-hetero) is 1. The van der Waals surface area contributed by atoms with Gasteiger partial charge < -0.3 is 4.90 Å². The predicted octanol–water partition coefficient (Wildman–Crippen LogP) is 3.71. The van der Waals surface area contributed by atoms with Gasteiger partial charge in [0.05, 0.1) is 11.9 Å². The molecule has 1 N–H and O–H groups in total. The summed E-state index contributed by atoms with van der Waals surface area (Å²) in [5, 5.41) is 9.25. The van der Waals surface area contributed by atoms with Crippen molar-refractivity contribution in [3.8, 4) is 11.3 Å². The SMILES string of the molecule is Cc1cccc(/C=N/Nc2cc(N3CC4CC3CC4=O)n3nc(-c4ccncc4)cc3n2)c1. The van der Waals surface area contributed by atoms with Gasteiger partial charge in [-0.1, -0.05) is 29.8 Å². The van der Waals surface area contributed by atoms with Gasteiger partial charge in [-0.3, -0.25) is 15.2 Å². The highest BCUT2D eigenvalue weighted by atomic mass is 16.1. The average Bonchev–Trinajstić information content (AvgIpc) is 3.53. The number of hydrogen-bond acceptors (Lipinski definition) is 7. The van der Waals surface area contributed by atoms with Crippen molar-refractivity contribution in [2.24, 2.45) is 11.0 Å². The fraction of sp³-hybridized carbons (Fsp3) is 0.240. The van der Waals surface area contributed by atoms with Gasteiger partial charge in [-0.2, -0.15) is 14.7 Å². The Morgan fingerprint density at radius 2 is 2.03 bits per heavy atom. The minimum atomic E-state index is 0.115. The molecule has 8 heteroatoms. The number of piperidine rings is 1. The standard InChI is InChI=1S/C25H23N7O/c1-16-3-2-4-17(9-16)14-27-29-23-13-25(31-15-19-10-20(31)11-22(19)33)32-24(28-23)12-21(30-32)18-5-7-26-8-6-18/h2-9,12-14,19-20H,10-11,15H2,1H3,(H,28,29)/b27-14+. The molecule has 1 aliphatic carbocycles. The Kier molecular flexibility index (Phi) is 4.64. The van der Waals surface area contributed by atoms with E-state index in [1.54, 1.807) is 18.6 Å². The number of aryl methyl sites for hydroxylation is 1. The van der Waals surface area contributed by atoms with Gasteiger partial charge in [0.1, 0.15) is 11.6 Å². The molecule has 2 atom stereocenters. The van der Waals surface area contributed by atoms with E-state index in [-0.39, 0.29) is 12.0 Å². The van der Waals surface area contributed by atoms with Gasteiger partial charge >= 0.3 is 0 Å². The van der Waals surface area contributed by atoms with Crippen LogP contribution in [0, 0.1) is 12.8 Å². The molecule has 33 heavy (non-hydrogen) atoms. The number of carbonyl (C=O) groups excluding carboxylic acids is 1. The maximum absolute atomic E-state index is 12.1. The second-order valence-corrected chi connectivity index (χ2v) is 8.73.